The Bertz CT molecular complexity index is 202. The Morgan fingerprint density at radius 2 is 1.62 bits per heavy atom. The molecular weight excluding hydrogens is 162 g/mol. The number of rotatable bonds is 1. The molecule has 2 aliphatic heterocycles. The van der Waals surface area contributed by atoms with Crippen LogP contribution in [0.4, 0.5) is 0 Å². The molecule has 0 bridgehead atoms. The fraction of sp³-hybridized carbons (Fsp3) is 1.00. The van der Waals surface area contributed by atoms with Crippen LogP contribution in [0.5, 0.6) is 0 Å². The predicted molar refractivity (Wildman–Crippen MR) is 53.8 cm³/mol. The lowest BCUT2D eigenvalue weighted by atomic mass is 9.86. The van der Waals surface area contributed by atoms with Gasteiger partial charge in [-0.15, -0.1) is 0 Å². The van der Waals surface area contributed by atoms with Gasteiger partial charge in [0.1, 0.15) is 0 Å². The predicted octanol–water partition coefficient (Wildman–Crippen LogP) is 2.04. The molecule has 2 saturated heterocycles. The highest BCUT2D eigenvalue weighted by atomic mass is 16.6. The van der Waals surface area contributed by atoms with Crippen LogP contribution in [0.3, 0.4) is 0 Å². The first-order valence-electron chi connectivity index (χ1n) is 5.41. The van der Waals surface area contributed by atoms with Crippen LogP contribution < -0.4 is 0 Å². The monoisotopic (exact) mass is 183 g/mol. The molecule has 0 radical (unpaired) electrons. The van der Waals surface area contributed by atoms with Gasteiger partial charge in [-0.1, -0.05) is 0 Å². The topological polar surface area (TPSA) is 15.8 Å². The van der Waals surface area contributed by atoms with Crippen LogP contribution in [0.15, 0.2) is 0 Å². The Labute approximate surface area is 81.3 Å². The largest absolute Gasteiger partial charge is 0.363 e. The molecule has 13 heavy (non-hydrogen) atoms. The normalized spacial score (nSPS) is 31.2. The van der Waals surface area contributed by atoms with Gasteiger partial charge in [-0.3, -0.25) is 0 Å². The quantitative estimate of drug-likeness (QED) is 0.578. The summed E-state index contributed by atoms with van der Waals surface area (Å²) in [7, 11) is 0. The zero-order valence-corrected chi connectivity index (χ0v) is 9.26. The number of piperidine rings is 1. The van der Waals surface area contributed by atoms with E-state index in [2.05, 4.69) is 32.6 Å². The third-order valence-corrected chi connectivity index (χ3v) is 3.84. The number of epoxide rings is 1. The maximum atomic E-state index is 5.83. The van der Waals surface area contributed by atoms with Gasteiger partial charge in [0.05, 0.1) is 11.2 Å². The standard InChI is InChI=1S/C11H21NO/c1-9(2)12-7-5-11(6-8-12)10(3,4)13-11/h9H,5-8H2,1-4H3. The van der Waals surface area contributed by atoms with E-state index in [0.29, 0.717) is 6.04 Å². The summed E-state index contributed by atoms with van der Waals surface area (Å²) >= 11 is 0. The molecule has 2 nitrogen and oxygen atoms in total. The minimum Gasteiger partial charge on any atom is -0.363 e. The molecule has 0 amide bonds. The molecule has 0 saturated carbocycles. The van der Waals surface area contributed by atoms with E-state index in [1.54, 1.807) is 0 Å². The molecule has 0 aromatic heterocycles. The van der Waals surface area contributed by atoms with Crippen LogP contribution in [-0.4, -0.2) is 35.2 Å². The van der Waals surface area contributed by atoms with Crippen molar-refractivity contribution in [2.75, 3.05) is 13.1 Å². The summed E-state index contributed by atoms with van der Waals surface area (Å²) in [6, 6.07) is 0.694. The summed E-state index contributed by atoms with van der Waals surface area (Å²) in [5.41, 5.74) is 0.411. The van der Waals surface area contributed by atoms with Crippen molar-refractivity contribution >= 4 is 0 Å². The highest BCUT2D eigenvalue weighted by molar-refractivity contribution is 5.12. The van der Waals surface area contributed by atoms with Crippen LogP contribution in [0.1, 0.15) is 40.5 Å². The van der Waals surface area contributed by atoms with Gasteiger partial charge in [-0.2, -0.15) is 0 Å². The molecule has 1 spiro atoms. The third kappa shape index (κ3) is 1.40. The molecule has 0 aromatic rings. The van der Waals surface area contributed by atoms with Gasteiger partial charge >= 0.3 is 0 Å². The van der Waals surface area contributed by atoms with E-state index in [9.17, 15) is 0 Å². The van der Waals surface area contributed by atoms with Crippen LogP contribution in [0.2, 0.25) is 0 Å². The molecule has 0 unspecified atom stereocenters. The van der Waals surface area contributed by atoms with Gasteiger partial charge in [0.15, 0.2) is 0 Å². The Kier molecular flexibility index (Phi) is 1.97. The molecule has 2 rings (SSSR count). The van der Waals surface area contributed by atoms with E-state index in [0.717, 1.165) is 0 Å². The van der Waals surface area contributed by atoms with E-state index in [-0.39, 0.29) is 11.2 Å². The first kappa shape index (κ1) is 9.47. The summed E-state index contributed by atoms with van der Waals surface area (Å²) in [6.45, 7) is 11.4. The van der Waals surface area contributed by atoms with Crippen LogP contribution in [-0.2, 0) is 4.74 Å². The summed E-state index contributed by atoms with van der Waals surface area (Å²) < 4.78 is 5.83. The maximum Gasteiger partial charge on any atom is 0.0998 e. The number of ether oxygens (including phenoxy) is 1. The van der Waals surface area contributed by atoms with Crippen molar-refractivity contribution in [2.24, 2.45) is 0 Å². The highest BCUT2D eigenvalue weighted by Gasteiger charge is 2.63. The Balaban J connectivity index is 1.91. The van der Waals surface area contributed by atoms with Gasteiger partial charge in [0.25, 0.3) is 0 Å². The van der Waals surface area contributed by atoms with Crippen molar-refractivity contribution < 1.29 is 4.74 Å². The Hall–Kier alpha value is -0.0800. The number of hydrogen-bond donors (Lipinski definition) is 0. The van der Waals surface area contributed by atoms with Crippen molar-refractivity contribution in [3.8, 4) is 0 Å². The Morgan fingerprint density at radius 1 is 1.15 bits per heavy atom. The molecule has 2 aliphatic rings. The van der Waals surface area contributed by atoms with E-state index >= 15 is 0 Å². The van der Waals surface area contributed by atoms with Crippen molar-refractivity contribution in [1.82, 2.24) is 4.90 Å². The summed E-state index contributed by atoms with van der Waals surface area (Å²) in [5.74, 6) is 0. The molecule has 2 heterocycles. The SMILES string of the molecule is CC(C)N1CCC2(CC1)OC2(C)C. The second-order valence-electron chi connectivity index (χ2n) is 5.24. The number of hydrogen-bond acceptors (Lipinski definition) is 2. The van der Waals surface area contributed by atoms with Crippen LogP contribution in [0, 0.1) is 0 Å². The van der Waals surface area contributed by atoms with Gasteiger partial charge in [-0.25, -0.2) is 0 Å². The first-order valence-corrected chi connectivity index (χ1v) is 5.41. The second kappa shape index (κ2) is 2.71. The second-order valence-corrected chi connectivity index (χ2v) is 5.24. The fourth-order valence-corrected chi connectivity index (χ4v) is 2.57. The molecule has 0 N–H and O–H groups in total. The lowest BCUT2D eigenvalue weighted by molar-refractivity contribution is 0.121. The van der Waals surface area contributed by atoms with Crippen molar-refractivity contribution in [1.29, 1.82) is 0 Å². The van der Waals surface area contributed by atoms with Crippen LogP contribution in [0.25, 0.3) is 0 Å². The van der Waals surface area contributed by atoms with E-state index in [4.69, 9.17) is 4.74 Å². The van der Waals surface area contributed by atoms with Gasteiger partial charge in [0, 0.05) is 19.1 Å². The summed E-state index contributed by atoms with van der Waals surface area (Å²) in [6.07, 6.45) is 2.44. The molecule has 0 aromatic carbocycles. The molecule has 0 atom stereocenters. The minimum atomic E-state index is 0.163. The van der Waals surface area contributed by atoms with E-state index < -0.39 is 0 Å². The summed E-state index contributed by atoms with van der Waals surface area (Å²) in [4.78, 5) is 2.54. The number of likely N-dealkylation sites (tertiary alicyclic amines) is 1. The Morgan fingerprint density at radius 3 is 1.92 bits per heavy atom. The lowest BCUT2D eigenvalue weighted by Gasteiger charge is -2.34. The fourth-order valence-electron chi connectivity index (χ4n) is 2.57. The molecular formula is C11H21NO. The molecule has 2 heteroatoms. The van der Waals surface area contributed by atoms with Gasteiger partial charge < -0.3 is 9.64 Å². The molecule has 0 aliphatic carbocycles. The zero-order chi connectivity index (χ0) is 9.69. The molecule has 2 fully saturated rings. The zero-order valence-electron chi connectivity index (χ0n) is 9.26. The average molecular weight is 183 g/mol. The first-order chi connectivity index (χ1) is 5.97. The smallest absolute Gasteiger partial charge is 0.0998 e. The van der Waals surface area contributed by atoms with E-state index in [1.807, 2.05) is 0 Å². The summed E-state index contributed by atoms with van der Waals surface area (Å²) in [5, 5.41) is 0. The van der Waals surface area contributed by atoms with Gasteiger partial charge in [-0.05, 0) is 40.5 Å². The van der Waals surface area contributed by atoms with E-state index in [1.165, 1.54) is 25.9 Å². The minimum absolute atomic E-state index is 0.163. The van der Waals surface area contributed by atoms with Crippen molar-refractivity contribution in [2.45, 2.75) is 57.8 Å². The van der Waals surface area contributed by atoms with Crippen LogP contribution >= 0.6 is 0 Å². The van der Waals surface area contributed by atoms with Gasteiger partial charge in [0.2, 0.25) is 0 Å². The van der Waals surface area contributed by atoms with Crippen molar-refractivity contribution in [3.05, 3.63) is 0 Å². The highest BCUT2D eigenvalue weighted by Crippen LogP contribution is 2.53. The lowest BCUT2D eigenvalue weighted by Crippen LogP contribution is -2.43. The average Bonchev–Trinajstić information content (AvgIpc) is 2.53. The van der Waals surface area contributed by atoms with Crippen molar-refractivity contribution in [3.63, 3.8) is 0 Å². The molecule has 76 valence electrons. The third-order valence-electron chi connectivity index (χ3n) is 3.84. The number of nitrogens with zero attached hydrogens (tertiary/aromatic N) is 1. The maximum absolute atomic E-state index is 5.83.